The van der Waals surface area contributed by atoms with Gasteiger partial charge in [-0.05, 0) is 18.2 Å². The lowest BCUT2D eigenvalue weighted by Crippen LogP contribution is -2.25. The molecule has 0 radical (unpaired) electrons. The van der Waals surface area contributed by atoms with Crippen LogP contribution in [-0.2, 0) is 16.6 Å². The smallest absolute Gasteiger partial charge is 0.480 e. The molecule has 0 saturated carbocycles. The van der Waals surface area contributed by atoms with Crippen molar-refractivity contribution in [1.82, 2.24) is 19.9 Å². The number of ether oxygens (including phenoxy) is 3. The molecule has 5 rings (SSSR count). The average Bonchev–Trinajstić information content (AvgIpc) is 3.44. The number of benzene rings is 1. The summed E-state index contributed by atoms with van der Waals surface area (Å²) in [5.74, 6) is -0.797. The second kappa shape index (κ2) is 7.05. The maximum Gasteiger partial charge on any atom is 0.586 e. The van der Waals surface area contributed by atoms with Gasteiger partial charge in [0.05, 0.1) is 24.2 Å². The normalized spacial score (nSPS) is 14.6. The molecule has 1 aromatic carbocycles. The number of methoxy groups -OCH3 is 1. The Labute approximate surface area is 178 Å². The van der Waals surface area contributed by atoms with Gasteiger partial charge in [-0.1, -0.05) is 5.16 Å². The van der Waals surface area contributed by atoms with Crippen molar-refractivity contribution in [3.05, 3.63) is 48.4 Å². The lowest BCUT2D eigenvalue weighted by Gasteiger charge is -2.08. The molecule has 166 valence electrons. The molecule has 0 unspecified atom stereocenters. The van der Waals surface area contributed by atoms with Gasteiger partial charge in [-0.2, -0.15) is 5.10 Å². The molecule has 4 aromatic rings. The molecule has 1 aliphatic rings. The molecule has 32 heavy (non-hydrogen) atoms. The molecule has 0 atom stereocenters. The van der Waals surface area contributed by atoms with Crippen LogP contribution in [-0.4, -0.2) is 41.7 Å². The zero-order chi connectivity index (χ0) is 22.5. The highest BCUT2D eigenvalue weighted by Crippen LogP contribution is 2.42. The van der Waals surface area contributed by atoms with Crippen molar-refractivity contribution < 1.29 is 35.9 Å². The lowest BCUT2D eigenvalue weighted by molar-refractivity contribution is -0.286. The molecule has 1 N–H and O–H groups in total. The molecular formula is C18H13F2N5O6S. The number of hydrogen-bond donors (Lipinski definition) is 1. The summed E-state index contributed by atoms with van der Waals surface area (Å²) in [5, 5.41) is 8.05. The number of pyridine rings is 1. The Hall–Kier alpha value is -3.94. The second-order valence-electron chi connectivity index (χ2n) is 6.61. The van der Waals surface area contributed by atoms with Crippen LogP contribution in [0.15, 0.2) is 52.1 Å². The predicted octanol–water partition coefficient (Wildman–Crippen LogP) is 2.60. The molecule has 0 bridgehead atoms. The highest BCUT2D eigenvalue weighted by molar-refractivity contribution is 7.92. The fourth-order valence-electron chi connectivity index (χ4n) is 3.12. The standard InChI is InChI=1S/C18H13F2N5O6S/c1-28-17-15-14(7-10(22-17)9-25-6-2-5-21-25)31-23-16(15)24-32(26,27)11-3-4-12-13(8-11)30-18(19,20)29-12/h2-8H,9H2,1H3,(H,23,24). The van der Waals surface area contributed by atoms with E-state index in [1.807, 2.05) is 0 Å². The van der Waals surface area contributed by atoms with E-state index in [0.717, 1.165) is 18.2 Å². The van der Waals surface area contributed by atoms with Crippen LogP contribution in [0.4, 0.5) is 14.6 Å². The van der Waals surface area contributed by atoms with Crippen molar-refractivity contribution in [3.63, 3.8) is 0 Å². The fourth-order valence-corrected chi connectivity index (χ4v) is 4.14. The Morgan fingerprint density at radius 1 is 1.22 bits per heavy atom. The highest BCUT2D eigenvalue weighted by Gasteiger charge is 2.43. The number of alkyl halides is 2. The maximum absolute atomic E-state index is 13.2. The van der Waals surface area contributed by atoms with Crippen molar-refractivity contribution >= 4 is 26.8 Å². The van der Waals surface area contributed by atoms with Crippen LogP contribution in [0, 0.1) is 0 Å². The van der Waals surface area contributed by atoms with E-state index in [-0.39, 0.29) is 33.3 Å². The van der Waals surface area contributed by atoms with Crippen LogP contribution in [0.3, 0.4) is 0 Å². The Kier molecular flexibility index (Phi) is 4.40. The number of nitrogens with one attached hydrogen (secondary N) is 1. The van der Waals surface area contributed by atoms with Gasteiger partial charge in [0.15, 0.2) is 22.9 Å². The first kappa shape index (κ1) is 20.0. The largest absolute Gasteiger partial charge is 0.586 e. The molecule has 1 aliphatic heterocycles. The third kappa shape index (κ3) is 3.53. The third-order valence-corrected chi connectivity index (χ3v) is 5.80. The summed E-state index contributed by atoms with van der Waals surface area (Å²) in [7, 11) is -2.90. The van der Waals surface area contributed by atoms with Gasteiger partial charge in [0.2, 0.25) is 5.88 Å². The Bertz CT molecular complexity index is 1420. The summed E-state index contributed by atoms with van der Waals surface area (Å²) in [6.07, 6.45) is -0.499. The molecular weight excluding hydrogens is 452 g/mol. The van der Waals surface area contributed by atoms with Gasteiger partial charge in [-0.25, -0.2) is 13.4 Å². The van der Waals surface area contributed by atoms with Crippen molar-refractivity contribution in [2.24, 2.45) is 0 Å². The Morgan fingerprint density at radius 2 is 2.03 bits per heavy atom. The van der Waals surface area contributed by atoms with Gasteiger partial charge in [0.25, 0.3) is 10.0 Å². The summed E-state index contributed by atoms with van der Waals surface area (Å²) in [5.41, 5.74) is 0.766. The molecule has 14 heteroatoms. The van der Waals surface area contributed by atoms with E-state index in [9.17, 15) is 17.2 Å². The first-order valence-corrected chi connectivity index (χ1v) is 10.5. The Morgan fingerprint density at radius 3 is 2.78 bits per heavy atom. The van der Waals surface area contributed by atoms with E-state index in [0.29, 0.717) is 12.2 Å². The zero-order valence-electron chi connectivity index (χ0n) is 16.2. The van der Waals surface area contributed by atoms with Crippen molar-refractivity contribution in [2.45, 2.75) is 17.7 Å². The van der Waals surface area contributed by atoms with Crippen molar-refractivity contribution in [1.29, 1.82) is 0 Å². The second-order valence-corrected chi connectivity index (χ2v) is 8.29. The number of fused-ring (bicyclic) bond motifs is 2. The van der Waals surface area contributed by atoms with Crippen LogP contribution < -0.4 is 18.9 Å². The fraction of sp³-hybridized carbons (Fsp3) is 0.167. The zero-order valence-corrected chi connectivity index (χ0v) is 17.0. The summed E-state index contributed by atoms with van der Waals surface area (Å²) in [6, 6.07) is 6.40. The molecule has 11 nitrogen and oxygen atoms in total. The van der Waals surface area contributed by atoms with Crippen LogP contribution in [0.25, 0.3) is 11.0 Å². The van der Waals surface area contributed by atoms with E-state index < -0.39 is 22.1 Å². The van der Waals surface area contributed by atoms with E-state index in [2.05, 4.69) is 29.4 Å². The monoisotopic (exact) mass is 465 g/mol. The Balaban J connectivity index is 1.48. The number of anilines is 1. The number of aromatic nitrogens is 4. The number of rotatable bonds is 6. The first-order valence-electron chi connectivity index (χ1n) is 8.97. The molecule has 0 fully saturated rings. The minimum absolute atomic E-state index is 0.0777. The minimum Gasteiger partial charge on any atom is -0.480 e. The number of halogens is 2. The number of hydrogen-bond acceptors (Lipinski definition) is 9. The van der Waals surface area contributed by atoms with Gasteiger partial charge in [0.1, 0.15) is 5.39 Å². The SMILES string of the molecule is COc1nc(Cn2cccn2)cc2onc(NS(=O)(=O)c3ccc4c(c3)OC(F)(F)O4)c12. The van der Waals surface area contributed by atoms with Crippen molar-refractivity contribution in [2.75, 3.05) is 11.8 Å². The molecule has 0 spiro atoms. The predicted molar refractivity (Wildman–Crippen MR) is 103 cm³/mol. The van der Waals surface area contributed by atoms with E-state index in [1.54, 1.807) is 29.2 Å². The summed E-state index contributed by atoms with van der Waals surface area (Å²) >= 11 is 0. The summed E-state index contributed by atoms with van der Waals surface area (Å²) < 4.78 is 75.1. The molecule has 0 saturated heterocycles. The molecule has 3 aromatic heterocycles. The summed E-state index contributed by atoms with van der Waals surface area (Å²) in [6.45, 7) is 0.322. The highest BCUT2D eigenvalue weighted by atomic mass is 32.2. The molecule has 0 amide bonds. The molecule has 0 aliphatic carbocycles. The van der Waals surface area contributed by atoms with Crippen LogP contribution >= 0.6 is 0 Å². The summed E-state index contributed by atoms with van der Waals surface area (Å²) in [4.78, 5) is 4.00. The molecule has 4 heterocycles. The van der Waals surface area contributed by atoms with E-state index in [4.69, 9.17) is 9.26 Å². The van der Waals surface area contributed by atoms with E-state index >= 15 is 0 Å². The van der Waals surface area contributed by atoms with Gasteiger partial charge in [0, 0.05) is 24.5 Å². The minimum atomic E-state index is -4.26. The lowest BCUT2D eigenvalue weighted by atomic mass is 10.2. The van der Waals surface area contributed by atoms with Crippen molar-refractivity contribution in [3.8, 4) is 17.4 Å². The van der Waals surface area contributed by atoms with Crippen LogP contribution in [0.2, 0.25) is 0 Å². The van der Waals surface area contributed by atoms with Crippen LogP contribution in [0.1, 0.15) is 5.69 Å². The van der Waals surface area contributed by atoms with E-state index in [1.165, 1.54) is 7.11 Å². The number of sulfonamides is 1. The number of nitrogens with zero attached hydrogens (tertiary/aromatic N) is 4. The third-order valence-electron chi connectivity index (χ3n) is 4.47. The quantitative estimate of drug-likeness (QED) is 0.456. The first-order chi connectivity index (χ1) is 15.2. The average molecular weight is 465 g/mol. The topological polar surface area (TPSA) is 131 Å². The van der Waals surface area contributed by atoms with Gasteiger partial charge in [-0.3, -0.25) is 9.40 Å². The van der Waals surface area contributed by atoms with Gasteiger partial charge >= 0.3 is 6.29 Å². The maximum atomic E-state index is 13.2. The van der Waals surface area contributed by atoms with Gasteiger partial charge in [-0.15, -0.1) is 8.78 Å². The van der Waals surface area contributed by atoms with Gasteiger partial charge < -0.3 is 18.7 Å². The van der Waals surface area contributed by atoms with Crippen LogP contribution in [0.5, 0.6) is 17.4 Å².